The van der Waals surface area contributed by atoms with E-state index in [2.05, 4.69) is 6.92 Å². The van der Waals surface area contributed by atoms with Gasteiger partial charge in [-0.05, 0) is 55.2 Å². The Morgan fingerprint density at radius 2 is 1.81 bits per heavy atom. The van der Waals surface area contributed by atoms with Crippen molar-refractivity contribution in [3.8, 4) is 11.5 Å². The van der Waals surface area contributed by atoms with Crippen LogP contribution in [-0.2, 0) is 9.59 Å². The fraction of sp³-hybridized carbons (Fsp3) is 0.385. The first-order valence-corrected chi connectivity index (χ1v) is 10.9. The molecule has 1 N–H and O–H groups in total. The van der Waals surface area contributed by atoms with Gasteiger partial charge in [0.2, 0.25) is 0 Å². The lowest BCUT2D eigenvalue weighted by Gasteiger charge is -2.26. The van der Waals surface area contributed by atoms with E-state index in [0.717, 1.165) is 30.4 Å². The lowest BCUT2D eigenvalue weighted by atomic mass is 9.93. The number of nitrogens with zero attached hydrogens (tertiary/aromatic N) is 1. The molecule has 0 bridgehead atoms. The highest BCUT2D eigenvalue weighted by molar-refractivity contribution is 6.46. The Bertz CT molecular complexity index is 1060. The number of likely N-dealkylation sites (tertiary alicyclic amines) is 1. The lowest BCUT2D eigenvalue weighted by molar-refractivity contribution is -0.139. The van der Waals surface area contributed by atoms with Gasteiger partial charge in [0.15, 0.2) is 0 Å². The molecule has 0 spiro atoms. The van der Waals surface area contributed by atoms with E-state index in [0.29, 0.717) is 29.2 Å². The molecule has 1 unspecified atom stereocenters. The van der Waals surface area contributed by atoms with Gasteiger partial charge in [0, 0.05) is 6.54 Å². The summed E-state index contributed by atoms with van der Waals surface area (Å²) in [6, 6.07) is 10.3. The number of Topliss-reactive ketones (excluding diaryl/α,β-unsaturated/α-hetero) is 1. The smallest absolute Gasteiger partial charge is 0.295 e. The molecule has 0 aromatic heterocycles. The molecular weight excluding hydrogens is 406 g/mol. The van der Waals surface area contributed by atoms with Crippen LogP contribution in [0.15, 0.2) is 42.0 Å². The number of ketones is 1. The van der Waals surface area contributed by atoms with Crippen LogP contribution in [0.25, 0.3) is 5.76 Å². The molecule has 1 saturated heterocycles. The third-order valence-corrected chi connectivity index (χ3v) is 5.83. The minimum atomic E-state index is -0.701. The van der Waals surface area contributed by atoms with Crippen molar-refractivity contribution in [1.29, 1.82) is 0 Å². The molecule has 6 heteroatoms. The zero-order valence-corrected chi connectivity index (χ0v) is 19.4. The highest BCUT2D eigenvalue weighted by Crippen LogP contribution is 2.42. The quantitative estimate of drug-likeness (QED) is 0.274. The van der Waals surface area contributed by atoms with Crippen molar-refractivity contribution in [3.05, 3.63) is 64.2 Å². The molecule has 1 aliphatic heterocycles. The van der Waals surface area contributed by atoms with Crippen LogP contribution in [0.2, 0.25) is 0 Å². The molecule has 2 aromatic carbocycles. The number of carbonyl (C=O) groups excluding carboxylic acids is 2. The second kappa shape index (κ2) is 9.90. The summed E-state index contributed by atoms with van der Waals surface area (Å²) < 4.78 is 10.9. The molecule has 0 saturated carbocycles. The van der Waals surface area contributed by atoms with Crippen LogP contribution in [0.5, 0.6) is 11.5 Å². The Morgan fingerprint density at radius 1 is 1.06 bits per heavy atom. The van der Waals surface area contributed by atoms with Gasteiger partial charge in [-0.25, -0.2) is 0 Å². The first-order chi connectivity index (χ1) is 15.3. The average molecular weight is 438 g/mol. The van der Waals surface area contributed by atoms with Gasteiger partial charge in [0.1, 0.15) is 17.3 Å². The van der Waals surface area contributed by atoms with Crippen LogP contribution < -0.4 is 9.47 Å². The highest BCUT2D eigenvalue weighted by Gasteiger charge is 2.46. The zero-order chi connectivity index (χ0) is 23.4. The first-order valence-electron chi connectivity index (χ1n) is 10.9. The fourth-order valence-corrected chi connectivity index (χ4v) is 4.35. The van der Waals surface area contributed by atoms with Gasteiger partial charge in [-0.1, -0.05) is 38.0 Å². The number of benzene rings is 2. The first kappa shape index (κ1) is 23.4. The van der Waals surface area contributed by atoms with Crippen LogP contribution in [0, 0.1) is 13.8 Å². The molecule has 1 amide bonds. The minimum absolute atomic E-state index is 0.0723. The maximum Gasteiger partial charge on any atom is 0.295 e. The number of aliphatic hydroxyl groups excluding tert-OH is 1. The number of rotatable bonds is 8. The van der Waals surface area contributed by atoms with E-state index in [4.69, 9.17) is 9.47 Å². The van der Waals surface area contributed by atoms with Crippen molar-refractivity contribution >= 4 is 17.4 Å². The van der Waals surface area contributed by atoms with E-state index in [1.165, 1.54) is 7.11 Å². The number of hydrogen-bond acceptors (Lipinski definition) is 5. The normalized spacial score (nSPS) is 17.7. The summed E-state index contributed by atoms with van der Waals surface area (Å²) >= 11 is 0. The maximum atomic E-state index is 13.2. The van der Waals surface area contributed by atoms with Crippen molar-refractivity contribution in [3.63, 3.8) is 0 Å². The number of methoxy groups -OCH3 is 2. The van der Waals surface area contributed by atoms with E-state index in [1.54, 1.807) is 30.2 Å². The van der Waals surface area contributed by atoms with E-state index in [1.807, 2.05) is 32.0 Å². The van der Waals surface area contributed by atoms with E-state index < -0.39 is 17.7 Å². The van der Waals surface area contributed by atoms with E-state index in [-0.39, 0.29) is 11.3 Å². The molecule has 2 aromatic rings. The summed E-state index contributed by atoms with van der Waals surface area (Å²) in [5, 5.41) is 11.4. The van der Waals surface area contributed by atoms with Gasteiger partial charge in [-0.3, -0.25) is 9.59 Å². The lowest BCUT2D eigenvalue weighted by Crippen LogP contribution is -2.30. The molecule has 3 rings (SSSR count). The number of aryl methyl sites for hydroxylation is 2. The second-order valence-corrected chi connectivity index (χ2v) is 8.14. The number of ether oxygens (including phenoxy) is 2. The summed E-state index contributed by atoms with van der Waals surface area (Å²) in [6.45, 7) is 6.30. The highest BCUT2D eigenvalue weighted by atomic mass is 16.5. The number of amides is 1. The summed E-state index contributed by atoms with van der Waals surface area (Å²) in [5.74, 6) is -0.412. The van der Waals surface area contributed by atoms with E-state index in [9.17, 15) is 14.7 Å². The molecule has 0 aliphatic carbocycles. The second-order valence-electron chi connectivity index (χ2n) is 8.14. The third kappa shape index (κ3) is 4.35. The topological polar surface area (TPSA) is 76.1 Å². The van der Waals surface area contributed by atoms with Gasteiger partial charge in [-0.15, -0.1) is 0 Å². The Balaban J connectivity index is 2.23. The molecule has 170 valence electrons. The van der Waals surface area contributed by atoms with Gasteiger partial charge in [0.05, 0.1) is 31.4 Å². The minimum Gasteiger partial charge on any atom is -0.507 e. The maximum absolute atomic E-state index is 13.2. The monoisotopic (exact) mass is 437 g/mol. The van der Waals surface area contributed by atoms with Crippen LogP contribution in [-0.4, -0.2) is 42.5 Å². The Labute approximate surface area is 189 Å². The Kier molecular flexibility index (Phi) is 7.23. The van der Waals surface area contributed by atoms with Gasteiger partial charge < -0.3 is 19.5 Å². The zero-order valence-electron chi connectivity index (χ0n) is 19.4. The van der Waals surface area contributed by atoms with Gasteiger partial charge in [-0.2, -0.15) is 0 Å². The Morgan fingerprint density at radius 3 is 2.47 bits per heavy atom. The number of unbranched alkanes of at least 4 members (excludes halogenated alkanes) is 2. The molecular formula is C26H31NO5. The number of carbonyl (C=O) groups is 2. The number of hydrogen-bond donors (Lipinski definition) is 1. The summed E-state index contributed by atoms with van der Waals surface area (Å²) in [7, 11) is 3.09. The van der Waals surface area contributed by atoms with Crippen molar-refractivity contribution in [2.24, 2.45) is 0 Å². The molecule has 32 heavy (non-hydrogen) atoms. The summed E-state index contributed by atoms with van der Waals surface area (Å²) in [6.07, 6.45) is 2.71. The van der Waals surface area contributed by atoms with Crippen LogP contribution in [0.4, 0.5) is 0 Å². The standard InChI is InChI=1S/C26H31NO5/c1-6-7-8-12-27-22(18-10-9-11-19(15-18)31-4)21(24(29)26(27)30)23(28)20-14-16(2)13-17(3)25(20)32-5/h9-11,13-15,22,28H,6-8,12H2,1-5H3/b23-21+. The molecule has 1 fully saturated rings. The molecule has 1 aliphatic rings. The molecule has 1 heterocycles. The Hall–Kier alpha value is -3.28. The predicted octanol–water partition coefficient (Wildman–Crippen LogP) is 4.93. The SMILES string of the molecule is CCCCCN1C(=O)C(=O)/C(=C(/O)c2cc(C)cc(C)c2OC)C1c1cccc(OC)c1. The third-order valence-electron chi connectivity index (χ3n) is 5.83. The molecule has 1 atom stereocenters. The van der Waals surface area contributed by atoms with E-state index >= 15 is 0 Å². The summed E-state index contributed by atoms with van der Waals surface area (Å²) in [4.78, 5) is 27.8. The van der Waals surface area contributed by atoms with Crippen LogP contribution >= 0.6 is 0 Å². The van der Waals surface area contributed by atoms with Gasteiger partial charge in [0.25, 0.3) is 11.7 Å². The largest absolute Gasteiger partial charge is 0.507 e. The van der Waals surface area contributed by atoms with Crippen LogP contribution in [0.1, 0.15) is 54.5 Å². The van der Waals surface area contributed by atoms with Gasteiger partial charge >= 0.3 is 0 Å². The molecule has 0 radical (unpaired) electrons. The van der Waals surface area contributed by atoms with Crippen molar-refractivity contribution in [2.45, 2.75) is 46.1 Å². The van der Waals surface area contributed by atoms with Crippen molar-refractivity contribution < 1.29 is 24.2 Å². The number of aliphatic hydroxyl groups is 1. The molecule has 6 nitrogen and oxygen atoms in total. The van der Waals surface area contributed by atoms with Crippen LogP contribution in [0.3, 0.4) is 0 Å². The predicted molar refractivity (Wildman–Crippen MR) is 124 cm³/mol. The summed E-state index contributed by atoms with van der Waals surface area (Å²) in [5.41, 5.74) is 2.95. The van der Waals surface area contributed by atoms with Crippen molar-refractivity contribution in [1.82, 2.24) is 4.90 Å². The fourth-order valence-electron chi connectivity index (χ4n) is 4.35. The average Bonchev–Trinajstić information content (AvgIpc) is 3.03. The van der Waals surface area contributed by atoms with Crippen molar-refractivity contribution in [2.75, 3.05) is 20.8 Å².